The van der Waals surface area contributed by atoms with Crippen LogP contribution >= 0.6 is 35.3 Å². The lowest BCUT2D eigenvalue weighted by Gasteiger charge is -2.11. The molecule has 0 aromatic carbocycles. The minimum Gasteiger partial charge on any atom is -0.383 e. The van der Waals surface area contributed by atoms with Gasteiger partial charge in [0.05, 0.1) is 30.4 Å². The lowest BCUT2D eigenvalue weighted by molar-refractivity contribution is -0.120. The molecule has 1 aromatic rings. The lowest BCUT2D eigenvalue weighted by atomic mass is 10.4. The molecule has 1 amide bonds. The summed E-state index contributed by atoms with van der Waals surface area (Å²) >= 11 is 1.66. The molecule has 126 valence electrons. The number of thiazole rings is 1. The Hall–Kier alpha value is -0.940. The van der Waals surface area contributed by atoms with Gasteiger partial charge in [-0.2, -0.15) is 0 Å². The van der Waals surface area contributed by atoms with Gasteiger partial charge in [-0.25, -0.2) is 4.98 Å². The number of aliphatic imine (C=N–C) groups is 1. The third-order valence-corrected chi connectivity index (χ3v) is 3.76. The highest BCUT2D eigenvalue weighted by Gasteiger charge is 2.07. The summed E-state index contributed by atoms with van der Waals surface area (Å²) < 4.78 is 4.86. The van der Waals surface area contributed by atoms with Crippen LogP contribution in [0.4, 0.5) is 0 Å². The van der Waals surface area contributed by atoms with Crippen LogP contribution in [-0.4, -0.2) is 50.7 Å². The fourth-order valence-corrected chi connectivity index (χ4v) is 2.52. The molecular formula is C13H24IN5O2S. The Balaban J connectivity index is 0.00000441. The van der Waals surface area contributed by atoms with E-state index in [9.17, 15) is 4.79 Å². The number of hydrogen-bond acceptors (Lipinski definition) is 5. The van der Waals surface area contributed by atoms with Gasteiger partial charge in [0.25, 0.3) is 0 Å². The van der Waals surface area contributed by atoms with Gasteiger partial charge in [0.2, 0.25) is 5.91 Å². The van der Waals surface area contributed by atoms with Crippen LogP contribution in [0, 0.1) is 13.8 Å². The SMILES string of the molecule is CN=C(NCC(=O)NCCOC)NCc1sc(C)nc1C.I. The Labute approximate surface area is 152 Å². The predicted molar refractivity (Wildman–Crippen MR) is 100 cm³/mol. The third-order valence-electron chi connectivity index (χ3n) is 2.68. The first-order valence-electron chi connectivity index (χ1n) is 6.70. The summed E-state index contributed by atoms with van der Waals surface area (Å²) in [6, 6.07) is 0. The summed E-state index contributed by atoms with van der Waals surface area (Å²) in [6.07, 6.45) is 0. The molecular weight excluding hydrogens is 417 g/mol. The average Bonchev–Trinajstić information content (AvgIpc) is 2.77. The van der Waals surface area contributed by atoms with Crippen molar-refractivity contribution in [3.05, 3.63) is 15.6 Å². The first-order valence-corrected chi connectivity index (χ1v) is 7.51. The Morgan fingerprint density at radius 2 is 2.05 bits per heavy atom. The van der Waals surface area contributed by atoms with E-state index in [0.717, 1.165) is 10.7 Å². The van der Waals surface area contributed by atoms with Gasteiger partial charge in [-0.1, -0.05) is 0 Å². The first kappa shape index (κ1) is 21.1. The summed E-state index contributed by atoms with van der Waals surface area (Å²) in [5.74, 6) is 0.488. The predicted octanol–water partition coefficient (Wildman–Crippen LogP) is 0.806. The largest absolute Gasteiger partial charge is 0.383 e. The van der Waals surface area contributed by atoms with Crippen LogP contribution in [-0.2, 0) is 16.1 Å². The van der Waals surface area contributed by atoms with Gasteiger partial charge >= 0.3 is 0 Å². The van der Waals surface area contributed by atoms with E-state index in [1.807, 2.05) is 13.8 Å². The summed E-state index contributed by atoms with van der Waals surface area (Å²) in [5.41, 5.74) is 1.03. The van der Waals surface area contributed by atoms with E-state index in [2.05, 4.69) is 25.9 Å². The maximum atomic E-state index is 11.6. The molecule has 1 heterocycles. The smallest absolute Gasteiger partial charge is 0.239 e. The van der Waals surface area contributed by atoms with Crippen LogP contribution in [0.3, 0.4) is 0 Å². The van der Waals surface area contributed by atoms with E-state index >= 15 is 0 Å². The van der Waals surface area contributed by atoms with Crippen molar-refractivity contribution in [2.75, 3.05) is 33.9 Å². The second-order valence-corrected chi connectivity index (χ2v) is 5.65. The van der Waals surface area contributed by atoms with Crippen molar-refractivity contribution in [2.45, 2.75) is 20.4 Å². The number of hydrogen-bond donors (Lipinski definition) is 3. The number of nitrogens with zero attached hydrogens (tertiary/aromatic N) is 2. The molecule has 0 saturated carbocycles. The molecule has 1 aromatic heterocycles. The fourth-order valence-electron chi connectivity index (χ4n) is 1.64. The summed E-state index contributed by atoms with van der Waals surface area (Å²) in [5, 5.41) is 9.91. The van der Waals surface area contributed by atoms with Crippen LogP contribution in [0.1, 0.15) is 15.6 Å². The number of ether oxygens (including phenoxy) is 1. The van der Waals surface area contributed by atoms with E-state index < -0.39 is 0 Å². The van der Waals surface area contributed by atoms with Crippen LogP contribution in [0.25, 0.3) is 0 Å². The molecule has 0 aliphatic rings. The van der Waals surface area contributed by atoms with Crippen molar-refractivity contribution in [2.24, 2.45) is 4.99 Å². The van der Waals surface area contributed by atoms with Gasteiger partial charge in [-0.3, -0.25) is 9.79 Å². The minimum absolute atomic E-state index is 0. The van der Waals surface area contributed by atoms with Crippen LogP contribution in [0.5, 0.6) is 0 Å². The molecule has 1 rings (SSSR count). The molecule has 0 bridgehead atoms. The highest BCUT2D eigenvalue weighted by molar-refractivity contribution is 14.0. The topological polar surface area (TPSA) is 87.6 Å². The van der Waals surface area contributed by atoms with Gasteiger partial charge in [0.15, 0.2) is 5.96 Å². The number of nitrogens with one attached hydrogen (secondary N) is 3. The zero-order valence-corrected chi connectivity index (χ0v) is 16.5. The lowest BCUT2D eigenvalue weighted by Crippen LogP contribution is -2.43. The quantitative estimate of drug-likeness (QED) is 0.252. The van der Waals surface area contributed by atoms with Gasteiger partial charge in [0, 0.05) is 25.6 Å². The molecule has 0 aliphatic carbocycles. The fraction of sp³-hybridized carbons (Fsp3) is 0.615. The number of guanidine groups is 1. The number of rotatable bonds is 7. The standard InChI is InChI=1S/C13H23N5O2S.HI/c1-9-11(21-10(2)18-9)7-16-13(14-3)17-8-12(19)15-5-6-20-4;/h5-8H2,1-4H3,(H,15,19)(H2,14,16,17);1H. The maximum Gasteiger partial charge on any atom is 0.239 e. The second kappa shape index (κ2) is 11.6. The molecule has 3 N–H and O–H groups in total. The number of methoxy groups -OCH3 is 1. The molecule has 0 spiro atoms. The van der Waals surface area contributed by atoms with Gasteiger partial charge in [-0.15, -0.1) is 35.3 Å². The van der Waals surface area contributed by atoms with Crippen LogP contribution in [0.15, 0.2) is 4.99 Å². The van der Waals surface area contributed by atoms with Crippen molar-refractivity contribution >= 4 is 47.2 Å². The molecule has 7 nitrogen and oxygen atoms in total. The van der Waals surface area contributed by atoms with E-state index in [0.29, 0.717) is 25.7 Å². The molecule has 0 fully saturated rings. The number of halogens is 1. The van der Waals surface area contributed by atoms with Crippen molar-refractivity contribution < 1.29 is 9.53 Å². The van der Waals surface area contributed by atoms with E-state index in [-0.39, 0.29) is 36.4 Å². The number of aryl methyl sites for hydroxylation is 2. The molecule has 0 atom stereocenters. The Bertz CT molecular complexity index is 493. The van der Waals surface area contributed by atoms with Crippen molar-refractivity contribution in [3.63, 3.8) is 0 Å². The summed E-state index contributed by atoms with van der Waals surface area (Å²) in [6.45, 7) is 5.79. The van der Waals surface area contributed by atoms with E-state index in [1.54, 1.807) is 25.5 Å². The van der Waals surface area contributed by atoms with Gasteiger partial charge in [0.1, 0.15) is 0 Å². The number of amides is 1. The summed E-state index contributed by atoms with van der Waals surface area (Å²) in [4.78, 5) is 21.2. The number of carbonyl (C=O) groups excluding carboxylic acids is 1. The average molecular weight is 441 g/mol. The summed E-state index contributed by atoms with van der Waals surface area (Å²) in [7, 11) is 3.27. The zero-order chi connectivity index (χ0) is 15.7. The van der Waals surface area contributed by atoms with Crippen molar-refractivity contribution in [3.8, 4) is 0 Å². The first-order chi connectivity index (χ1) is 10.1. The van der Waals surface area contributed by atoms with Gasteiger partial charge < -0.3 is 20.7 Å². The Kier molecular flexibility index (Phi) is 11.1. The van der Waals surface area contributed by atoms with Gasteiger partial charge in [-0.05, 0) is 13.8 Å². The molecule has 0 radical (unpaired) electrons. The van der Waals surface area contributed by atoms with Crippen molar-refractivity contribution in [1.82, 2.24) is 20.9 Å². The van der Waals surface area contributed by atoms with Crippen molar-refractivity contribution in [1.29, 1.82) is 0 Å². The number of aromatic nitrogens is 1. The molecule has 0 unspecified atom stereocenters. The third kappa shape index (κ3) is 7.90. The van der Waals surface area contributed by atoms with Crippen LogP contribution in [0.2, 0.25) is 0 Å². The minimum atomic E-state index is -0.0974. The maximum absolute atomic E-state index is 11.6. The number of carbonyl (C=O) groups is 1. The monoisotopic (exact) mass is 441 g/mol. The molecule has 0 saturated heterocycles. The second-order valence-electron chi connectivity index (χ2n) is 4.36. The highest BCUT2D eigenvalue weighted by atomic mass is 127. The molecule has 22 heavy (non-hydrogen) atoms. The Morgan fingerprint density at radius 1 is 1.32 bits per heavy atom. The van der Waals surface area contributed by atoms with E-state index in [1.165, 1.54) is 4.88 Å². The normalized spacial score (nSPS) is 10.8. The zero-order valence-electron chi connectivity index (χ0n) is 13.4. The van der Waals surface area contributed by atoms with E-state index in [4.69, 9.17) is 4.74 Å². The van der Waals surface area contributed by atoms with Crippen LogP contribution < -0.4 is 16.0 Å². The Morgan fingerprint density at radius 3 is 2.59 bits per heavy atom. The molecule has 0 aliphatic heterocycles. The molecule has 9 heteroatoms. The highest BCUT2D eigenvalue weighted by Crippen LogP contribution is 2.16.